The van der Waals surface area contributed by atoms with Gasteiger partial charge in [0, 0.05) is 19.7 Å². The number of aromatic hydroxyl groups is 1. The van der Waals surface area contributed by atoms with Gasteiger partial charge < -0.3 is 15.3 Å². The molecule has 0 bridgehead atoms. The molecule has 0 saturated heterocycles. The van der Waals surface area contributed by atoms with E-state index in [4.69, 9.17) is 5.11 Å². The lowest BCUT2D eigenvalue weighted by atomic mass is 10.2. The Bertz CT molecular complexity index is 385. The smallest absolute Gasteiger partial charge is 0.251 e. The third kappa shape index (κ3) is 3.27. The molecule has 0 heterocycles. The van der Waals surface area contributed by atoms with Crippen LogP contribution in [0, 0.1) is 0 Å². The van der Waals surface area contributed by atoms with E-state index in [2.05, 4.69) is 5.32 Å². The second kappa shape index (κ2) is 5.16. The zero-order valence-corrected chi connectivity index (χ0v) is 9.23. The van der Waals surface area contributed by atoms with Crippen LogP contribution in [0.15, 0.2) is 24.3 Å². The number of rotatable bonds is 3. The number of phenols is 1. The highest BCUT2D eigenvalue weighted by molar-refractivity contribution is 5.96. The summed E-state index contributed by atoms with van der Waals surface area (Å²) in [5, 5.41) is 11.5. The van der Waals surface area contributed by atoms with Gasteiger partial charge in [-0.15, -0.1) is 0 Å². The van der Waals surface area contributed by atoms with Crippen molar-refractivity contribution in [3.8, 4) is 5.75 Å². The third-order valence-electron chi connectivity index (χ3n) is 2.03. The van der Waals surface area contributed by atoms with Crippen molar-refractivity contribution in [3.63, 3.8) is 0 Å². The van der Waals surface area contributed by atoms with Crippen molar-refractivity contribution in [1.82, 2.24) is 10.2 Å². The summed E-state index contributed by atoms with van der Waals surface area (Å²) in [5.41, 5.74) is 0.407. The molecule has 0 spiro atoms. The second-order valence-corrected chi connectivity index (χ2v) is 3.52. The Hall–Kier alpha value is -2.04. The number of amides is 2. The van der Waals surface area contributed by atoms with Gasteiger partial charge in [-0.3, -0.25) is 9.59 Å². The van der Waals surface area contributed by atoms with Gasteiger partial charge in [0.2, 0.25) is 5.91 Å². The van der Waals surface area contributed by atoms with Gasteiger partial charge in [-0.2, -0.15) is 0 Å². The van der Waals surface area contributed by atoms with E-state index in [9.17, 15) is 9.59 Å². The van der Waals surface area contributed by atoms with Crippen LogP contribution in [0.3, 0.4) is 0 Å². The van der Waals surface area contributed by atoms with Crippen LogP contribution in [0.2, 0.25) is 0 Å². The molecule has 0 aliphatic rings. The Morgan fingerprint density at radius 2 is 1.81 bits per heavy atom. The molecule has 0 aliphatic carbocycles. The Morgan fingerprint density at radius 1 is 1.25 bits per heavy atom. The van der Waals surface area contributed by atoms with E-state index in [-0.39, 0.29) is 24.1 Å². The first kappa shape index (κ1) is 12.0. The zero-order chi connectivity index (χ0) is 12.1. The number of hydrogen-bond donors (Lipinski definition) is 2. The summed E-state index contributed by atoms with van der Waals surface area (Å²) in [6, 6.07) is 5.82. The van der Waals surface area contributed by atoms with Gasteiger partial charge in [0.25, 0.3) is 5.91 Å². The molecule has 5 nitrogen and oxygen atoms in total. The molecule has 16 heavy (non-hydrogen) atoms. The predicted molar refractivity (Wildman–Crippen MR) is 59.1 cm³/mol. The first-order valence-corrected chi connectivity index (χ1v) is 4.78. The Morgan fingerprint density at radius 3 is 2.31 bits per heavy atom. The van der Waals surface area contributed by atoms with Crippen molar-refractivity contribution in [3.05, 3.63) is 29.8 Å². The van der Waals surface area contributed by atoms with Gasteiger partial charge in [-0.1, -0.05) is 0 Å². The first-order valence-electron chi connectivity index (χ1n) is 4.78. The third-order valence-corrected chi connectivity index (χ3v) is 2.03. The van der Waals surface area contributed by atoms with Gasteiger partial charge in [-0.05, 0) is 24.3 Å². The lowest BCUT2D eigenvalue weighted by molar-refractivity contribution is -0.127. The van der Waals surface area contributed by atoms with E-state index in [1.54, 1.807) is 14.1 Å². The van der Waals surface area contributed by atoms with Gasteiger partial charge in [0.05, 0.1) is 6.54 Å². The van der Waals surface area contributed by atoms with Crippen molar-refractivity contribution in [2.45, 2.75) is 0 Å². The molecule has 0 aromatic heterocycles. The van der Waals surface area contributed by atoms with Crippen molar-refractivity contribution in [2.75, 3.05) is 20.6 Å². The fourth-order valence-electron chi connectivity index (χ4n) is 1.03. The van der Waals surface area contributed by atoms with Gasteiger partial charge in [0.1, 0.15) is 5.75 Å². The standard InChI is InChI=1S/C11H14N2O3/c1-13(2)10(15)7-12-11(16)8-3-5-9(14)6-4-8/h3-6,14H,7H2,1-2H3,(H,12,16). The summed E-state index contributed by atoms with van der Waals surface area (Å²) in [4.78, 5) is 24.1. The minimum Gasteiger partial charge on any atom is -0.508 e. The quantitative estimate of drug-likeness (QED) is 0.768. The first-order chi connectivity index (χ1) is 7.50. The molecular formula is C11H14N2O3. The summed E-state index contributed by atoms with van der Waals surface area (Å²) >= 11 is 0. The molecule has 5 heteroatoms. The summed E-state index contributed by atoms with van der Waals surface area (Å²) in [6.07, 6.45) is 0. The van der Waals surface area contributed by atoms with E-state index in [0.717, 1.165) is 0 Å². The summed E-state index contributed by atoms with van der Waals surface area (Å²) in [7, 11) is 3.24. The summed E-state index contributed by atoms with van der Waals surface area (Å²) in [5.74, 6) is -0.414. The number of likely N-dealkylation sites (N-methyl/N-ethyl adjacent to an activating group) is 1. The van der Waals surface area contributed by atoms with Crippen LogP contribution in [0.5, 0.6) is 5.75 Å². The molecular weight excluding hydrogens is 208 g/mol. The number of nitrogens with zero attached hydrogens (tertiary/aromatic N) is 1. The number of carbonyl (C=O) groups is 2. The van der Waals surface area contributed by atoms with Crippen LogP contribution < -0.4 is 5.32 Å². The van der Waals surface area contributed by atoms with E-state index in [1.165, 1.54) is 29.2 Å². The molecule has 86 valence electrons. The normalized spacial score (nSPS) is 9.62. The molecule has 0 unspecified atom stereocenters. The lowest BCUT2D eigenvalue weighted by Crippen LogP contribution is -2.36. The Kier molecular flexibility index (Phi) is 3.88. The van der Waals surface area contributed by atoms with Crippen molar-refractivity contribution >= 4 is 11.8 Å². The average molecular weight is 222 g/mol. The van der Waals surface area contributed by atoms with Crippen LogP contribution in [-0.2, 0) is 4.79 Å². The van der Waals surface area contributed by atoms with Crippen molar-refractivity contribution in [2.24, 2.45) is 0 Å². The molecule has 0 atom stereocenters. The molecule has 0 radical (unpaired) electrons. The monoisotopic (exact) mass is 222 g/mol. The van der Waals surface area contributed by atoms with E-state index >= 15 is 0 Å². The highest BCUT2D eigenvalue weighted by Gasteiger charge is 2.08. The molecule has 1 rings (SSSR count). The molecule has 0 aliphatic heterocycles. The number of nitrogens with one attached hydrogen (secondary N) is 1. The molecule has 1 aromatic rings. The molecule has 2 amide bonds. The second-order valence-electron chi connectivity index (χ2n) is 3.52. The predicted octanol–water partition coefficient (Wildman–Crippen LogP) is 0.210. The van der Waals surface area contributed by atoms with Crippen molar-refractivity contribution in [1.29, 1.82) is 0 Å². The van der Waals surface area contributed by atoms with E-state index in [0.29, 0.717) is 5.56 Å². The number of carbonyl (C=O) groups excluding carboxylic acids is 2. The molecule has 0 fully saturated rings. The maximum atomic E-state index is 11.5. The summed E-state index contributed by atoms with van der Waals surface area (Å²) < 4.78 is 0. The lowest BCUT2D eigenvalue weighted by Gasteiger charge is -2.10. The zero-order valence-electron chi connectivity index (χ0n) is 9.23. The minimum absolute atomic E-state index is 0.0350. The van der Waals surface area contributed by atoms with Crippen LogP contribution in [0.1, 0.15) is 10.4 Å². The Balaban J connectivity index is 2.53. The van der Waals surface area contributed by atoms with Gasteiger partial charge >= 0.3 is 0 Å². The Labute approximate surface area is 93.7 Å². The van der Waals surface area contributed by atoms with Gasteiger partial charge in [0.15, 0.2) is 0 Å². The largest absolute Gasteiger partial charge is 0.508 e. The summed E-state index contributed by atoms with van der Waals surface area (Å²) in [6.45, 7) is -0.0350. The highest BCUT2D eigenvalue weighted by atomic mass is 16.3. The number of phenolic OH excluding ortho intramolecular Hbond substituents is 1. The van der Waals surface area contributed by atoms with Crippen LogP contribution in [0.4, 0.5) is 0 Å². The van der Waals surface area contributed by atoms with Crippen molar-refractivity contribution < 1.29 is 14.7 Å². The maximum Gasteiger partial charge on any atom is 0.251 e. The molecule has 0 saturated carbocycles. The van der Waals surface area contributed by atoms with Crippen LogP contribution in [-0.4, -0.2) is 42.5 Å². The SMILES string of the molecule is CN(C)C(=O)CNC(=O)c1ccc(O)cc1. The van der Waals surface area contributed by atoms with E-state index in [1.807, 2.05) is 0 Å². The van der Waals surface area contributed by atoms with Crippen LogP contribution >= 0.6 is 0 Å². The minimum atomic E-state index is -0.338. The fraction of sp³-hybridized carbons (Fsp3) is 0.273. The fourth-order valence-corrected chi connectivity index (χ4v) is 1.03. The van der Waals surface area contributed by atoms with Gasteiger partial charge in [-0.25, -0.2) is 0 Å². The maximum absolute atomic E-state index is 11.5. The number of benzene rings is 1. The topological polar surface area (TPSA) is 69.6 Å². The molecule has 2 N–H and O–H groups in total. The number of hydrogen-bond acceptors (Lipinski definition) is 3. The molecule has 1 aromatic carbocycles. The van der Waals surface area contributed by atoms with Crippen LogP contribution in [0.25, 0.3) is 0 Å². The van der Waals surface area contributed by atoms with E-state index < -0.39 is 0 Å². The average Bonchev–Trinajstić information content (AvgIpc) is 2.26. The highest BCUT2D eigenvalue weighted by Crippen LogP contribution is 2.09.